The monoisotopic (exact) mass is 160 g/mol. The Labute approximate surface area is 62.2 Å². The Kier molecular flexibility index (Phi) is 2.84. The van der Waals surface area contributed by atoms with E-state index in [0.717, 1.165) is 0 Å². The molecule has 0 rings (SSSR count). The van der Waals surface area contributed by atoms with Gasteiger partial charge in [0.1, 0.15) is 0 Å². The summed E-state index contributed by atoms with van der Waals surface area (Å²) in [6, 6.07) is 0. The van der Waals surface area contributed by atoms with Gasteiger partial charge in [0.15, 0.2) is 9.84 Å². The van der Waals surface area contributed by atoms with Crippen LogP contribution in [0.2, 0.25) is 0 Å². The Hall–Kier alpha value is -0.570. The van der Waals surface area contributed by atoms with Gasteiger partial charge in [0.25, 0.3) is 0 Å². The van der Waals surface area contributed by atoms with E-state index in [0.29, 0.717) is 0 Å². The topological polar surface area (TPSA) is 34.1 Å². The van der Waals surface area contributed by atoms with Gasteiger partial charge in [-0.2, -0.15) is 0 Å². The van der Waals surface area contributed by atoms with Crippen LogP contribution in [0, 0.1) is 0 Å². The second kappa shape index (κ2) is 3.01. The van der Waals surface area contributed by atoms with E-state index in [1.165, 1.54) is 6.08 Å². The van der Waals surface area contributed by atoms with Gasteiger partial charge in [-0.25, -0.2) is 8.42 Å². The third-order valence-corrected chi connectivity index (χ3v) is 3.35. The summed E-state index contributed by atoms with van der Waals surface area (Å²) in [4.78, 5) is 0.0995. The van der Waals surface area contributed by atoms with E-state index in [-0.39, 0.29) is 4.91 Å². The minimum absolute atomic E-state index is 0.0995. The lowest BCUT2D eigenvalue weighted by Gasteiger charge is -2.05. The van der Waals surface area contributed by atoms with E-state index in [2.05, 4.69) is 13.2 Å². The van der Waals surface area contributed by atoms with Crippen molar-refractivity contribution < 1.29 is 8.42 Å². The van der Waals surface area contributed by atoms with Crippen LogP contribution < -0.4 is 0 Å². The lowest BCUT2D eigenvalue weighted by Crippen LogP contribution is -2.13. The number of hydrogen-bond donors (Lipinski definition) is 0. The minimum Gasteiger partial charge on any atom is -0.223 e. The Morgan fingerprint density at radius 1 is 1.50 bits per heavy atom. The molecule has 0 aromatic heterocycles. The fraction of sp³-hybridized carbons (Fsp3) is 0.429. The van der Waals surface area contributed by atoms with Crippen LogP contribution in [-0.2, 0) is 9.84 Å². The van der Waals surface area contributed by atoms with Crippen LogP contribution in [0.1, 0.15) is 13.8 Å². The van der Waals surface area contributed by atoms with Crippen molar-refractivity contribution in [2.24, 2.45) is 0 Å². The molecule has 0 heterocycles. The van der Waals surface area contributed by atoms with Gasteiger partial charge in [-0.05, 0) is 13.8 Å². The molecular weight excluding hydrogens is 148 g/mol. The maximum atomic E-state index is 11.1. The van der Waals surface area contributed by atoms with Crippen LogP contribution in [-0.4, -0.2) is 13.7 Å². The van der Waals surface area contributed by atoms with Gasteiger partial charge in [-0.15, -0.1) is 0 Å². The average molecular weight is 160 g/mol. The molecule has 0 aromatic rings. The third-order valence-electron chi connectivity index (χ3n) is 1.21. The summed E-state index contributed by atoms with van der Waals surface area (Å²) in [5, 5.41) is -0.405. The first-order valence-corrected chi connectivity index (χ1v) is 4.52. The third kappa shape index (κ3) is 1.70. The highest BCUT2D eigenvalue weighted by Crippen LogP contribution is 2.10. The minimum atomic E-state index is -3.14. The van der Waals surface area contributed by atoms with Crippen molar-refractivity contribution in [3.8, 4) is 0 Å². The van der Waals surface area contributed by atoms with Crippen LogP contribution in [0.5, 0.6) is 0 Å². The molecule has 0 saturated heterocycles. The van der Waals surface area contributed by atoms with Crippen LogP contribution >= 0.6 is 0 Å². The lowest BCUT2D eigenvalue weighted by atomic mass is 10.6. The average Bonchev–Trinajstić information content (AvgIpc) is 1.86. The number of allylic oxidation sites excluding steroid dienone is 1. The molecule has 0 atom stereocenters. The number of hydrogen-bond acceptors (Lipinski definition) is 2. The van der Waals surface area contributed by atoms with E-state index < -0.39 is 15.1 Å². The van der Waals surface area contributed by atoms with Crippen LogP contribution in [0.3, 0.4) is 0 Å². The van der Waals surface area contributed by atoms with E-state index in [1.807, 2.05) is 0 Å². The van der Waals surface area contributed by atoms with Crippen LogP contribution in [0.25, 0.3) is 0 Å². The molecule has 0 fully saturated rings. The zero-order valence-corrected chi connectivity index (χ0v) is 7.11. The summed E-state index contributed by atoms with van der Waals surface area (Å²) in [5.41, 5.74) is 0. The predicted molar refractivity (Wildman–Crippen MR) is 43.4 cm³/mol. The summed E-state index contributed by atoms with van der Waals surface area (Å²) in [7, 11) is -3.14. The van der Waals surface area contributed by atoms with Gasteiger partial charge in [-0.1, -0.05) is 19.2 Å². The van der Waals surface area contributed by atoms with Gasteiger partial charge < -0.3 is 0 Å². The van der Waals surface area contributed by atoms with Gasteiger partial charge in [0, 0.05) is 0 Å². The van der Waals surface area contributed by atoms with Gasteiger partial charge >= 0.3 is 0 Å². The Bertz CT molecular complexity index is 234. The fourth-order valence-corrected chi connectivity index (χ4v) is 1.26. The van der Waals surface area contributed by atoms with Crippen molar-refractivity contribution in [3.05, 3.63) is 24.1 Å². The highest BCUT2D eigenvalue weighted by molar-refractivity contribution is 7.96. The van der Waals surface area contributed by atoms with Crippen molar-refractivity contribution in [3.63, 3.8) is 0 Å². The molecule has 0 aromatic carbocycles. The molecule has 0 amide bonds. The normalized spacial score (nSPS) is 11.5. The summed E-state index contributed by atoms with van der Waals surface area (Å²) in [5.74, 6) is 0. The maximum absolute atomic E-state index is 11.1. The van der Waals surface area contributed by atoms with Crippen molar-refractivity contribution in [1.29, 1.82) is 0 Å². The Morgan fingerprint density at radius 2 is 1.90 bits per heavy atom. The molecule has 0 aliphatic heterocycles. The first-order chi connectivity index (χ1) is 4.42. The SMILES string of the molecule is C=CC(=C)S(=O)(=O)C(C)C. The first-order valence-electron chi connectivity index (χ1n) is 2.98. The summed E-state index contributed by atoms with van der Waals surface area (Å²) < 4.78 is 22.2. The van der Waals surface area contributed by atoms with Crippen LogP contribution in [0.15, 0.2) is 24.1 Å². The molecule has 0 bridgehead atoms. The molecular formula is C7H12O2S. The van der Waals surface area contributed by atoms with Crippen molar-refractivity contribution >= 4 is 9.84 Å². The molecule has 2 nitrogen and oxygen atoms in total. The Balaban J connectivity index is 4.77. The zero-order valence-electron chi connectivity index (χ0n) is 6.29. The second-order valence-corrected chi connectivity index (χ2v) is 4.82. The zero-order chi connectivity index (χ0) is 8.36. The molecule has 3 heteroatoms. The molecule has 0 unspecified atom stereocenters. The summed E-state index contributed by atoms with van der Waals surface area (Å²) >= 11 is 0. The first kappa shape index (κ1) is 9.43. The highest BCUT2D eigenvalue weighted by Gasteiger charge is 2.17. The molecule has 0 spiro atoms. The molecule has 0 radical (unpaired) electrons. The molecule has 0 aliphatic carbocycles. The van der Waals surface area contributed by atoms with Gasteiger partial charge in [0.05, 0.1) is 10.2 Å². The van der Waals surface area contributed by atoms with Crippen LogP contribution in [0.4, 0.5) is 0 Å². The molecule has 0 N–H and O–H groups in total. The predicted octanol–water partition coefficient (Wildman–Crippen LogP) is 1.51. The lowest BCUT2D eigenvalue weighted by molar-refractivity contribution is 0.594. The van der Waals surface area contributed by atoms with E-state index in [4.69, 9.17) is 0 Å². The molecule has 10 heavy (non-hydrogen) atoms. The standard InChI is InChI=1S/C7H12O2S/c1-5-7(4)10(8,9)6(2)3/h5-6H,1,4H2,2-3H3. The van der Waals surface area contributed by atoms with E-state index >= 15 is 0 Å². The van der Waals surface area contributed by atoms with Gasteiger partial charge in [0.2, 0.25) is 0 Å². The Morgan fingerprint density at radius 3 is 2.00 bits per heavy atom. The van der Waals surface area contributed by atoms with Crippen molar-refractivity contribution in [2.45, 2.75) is 19.1 Å². The second-order valence-electron chi connectivity index (χ2n) is 2.26. The highest BCUT2D eigenvalue weighted by atomic mass is 32.2. The molecule has 0 saturated carbocycles. The van der Waals surface area contributed by atoms with Crippen molar-refractivity contribution in [1.82, 2.24) is 0 Å². The van der Waals surface area contributed by atoms with Gasteiger partial charge in [-0.3, -0.25) is 0 Å². The molecule has 0 aliphatic rings. The maximum Gasteiger partial charge on any atom is 0.180 e. The molecule has 58 valence electrons. The number of rotatable bonds is 3. The largest absolute Gasteiger partial charge is 0.223 e. The van der Waals surface area contributed by atoms with E-state index in [9.17, 15) is 8.42 Å². The number of sulfone groups is 1. The van der Waals surface area contributed by atoms with E-state index in [1.54, 1.807) is 13.8 Å². The summed E-state index contributed by atoms with van der Waals surface area (Å²) in [6.07, 6.45) is 1.26. The fourth-order valence-electron chi connectivity index (χ4n) is 0.419. The smallest absolute Gasteiger partial charge is 0.180 e. The van der Waals surface area contributed by atoms with Crippen molar-refractivity contribution in [2.75, 3.05) is 0 Å². The quantitative estimate of drug-likeness (QED) is 0.586. The summed E-state index contributed by atoms with van der Waals surface area (Å²) in [6.45, 7) is 9.92.